The molecule has 0 spiro atoms. The molecule has 0 aliphatic heterocycles. The second kappa shape index (κ2) is 14.7. The van der Waals surface area contributed by atoms with Gasteiger partial charge in [0.25, 0.3) is 0 Å². The summed E-state index contributed by atoms with van der Waals surface area (Å²) in [5.74, 6) is 0. The second-order valence-corrected chi connectivity index (χ2v) is 7.04. The van der Waals surface area contributed by atoms with E-state index in [1.807, 2.05) is 0 Å². The zero-order chi connectivity index (χ0) is 22.5. The molecule has 11 nitrogen and oxygen atoms in total. The molecule has 1 aromatic heterocycles. The molecule has 0 bridgehead atoms. The first-order valence-electron chi connectivity index (χ1n) is 9.86. The summed E-state index contributed by atoms with van der Waals surface area (Å²) >= 11 is 0. The largest absolute Gasteiger partial charge is 0.395 e. The van der Waals surface area contributed by atoms with Crippen molar-refractivity contribution in [3.63, 3.8) is 0 Å². The van der Waals surface area contributed by atoms with Gasteiger partial charge in [0.15, 0.2) is 0 Å². The lowest BCUT2D eigenvalue weighted by atomic mass is 10.1. The molecule has 1 rings (SSSR count). The highest BCUT2D eigenvalue weighted by molar-refractivity contribution is 5.12. The van der Waals surface area contributed by atoms with E-state index in [4.69, 9.17) is 0 Å². The molecule has 0 aromatic carbocycles. The van der Waals surface area contributed by atoms with E-state index in [0.29, 0.717) is 11.4 Å². The van der Waals surface area contributed by atoms with Crippen molar-refractivity contribution in [3.8, 4) is 0 Å². The number of rotatable bonds is 16. The standard InChI is InChI=1S/C19H35N3O8/c23-6-16(7-24)21(17(8-25)9-26)4-14-2-1-3-15(20-14)5-22(18(10-27)11-28)19(12-29)13-30/h1-3,16-19,23-30H,4-13H2. The third-order valence-corrected chi connectivity index (χ3v) is 5.12. The van der Waals surface area contributed by atoms with Crippen LogP contribution in [0.3, 0.4) is 0 Å². The minimum atomic E-state index is -0.697. The van der Waals surface area contributed by atoms with Crippen molar-refractivity contribution in [1.29, 1.82) is 0 Å². The predicted octanol–water partition coefficient (Wildman–Crippen LogP) is -3.90. The molecule has 30 heavy (non-hydrogen) atoms. The lowest BCUT2D eigenvalue weighted by Gasteiger charge is -2.35. The predicted molar refractivity (Wildman–Crippen MR) is 107 cm³/mol. The topological polar surface area (TPSA) is 181 Å². The van der Waals surface area contributed by atoms with Crippen molar-refractivity contribution in [1.82, 2.24) is 14.8 Å². The highest BCUT2D eigenvalue weighted by Gasteiger charge is 2.27. The summed E-state index contributed by atoms with van der Waals surface area (Å²) in [6, 6.07) is 2.37. The number of aliphatic hydroxyl groups excluding tert-OH is 8. The van der Waals surface area contributed by atoms with Crippen LogP contribution in [0.15, 0.2) is 18.2 Å². The van der Waals surface area contributed by atoms with E-state index in [1.165, 1.54) is 0 Å². The second-order valence-electron chi connectivity index (χ2n) is 7.04. The third kappa shape index (κ3) is 7.46. The van der Waals surface area contributed by atoms with Crippen LogP contribution in [0.25, 0.3) is 0 Å². The summed E-state index contributed by atoms with van der Waals surface area (Å²) in [5, 5.41) is 76.3. The lowest BCUT2D eigenvalue weighted by molar-refractivity contribution is -0.00577. The highest BCUT2D eigenvalue weighted by Crippen LogP contribution is 2.15. The summed E-state index contributed by atoms with van der Waals surface area (Å²) in [4.78, 5) is 7.66. The van der Waals surface area contributed by atoms with Crippen LogP contribution in [0.4, 0.5) is 0 Å². The average molecular weight is 434 g/mol. The summed E-state index contributed by atoms with van der Waals surface area (Å²) in [5.41, 5.74) is 1.08. The van der Waals surface area contributed by atoms with Crippen LogP contribution in [0.5, 0.6) is 0 Å². The van der Waals surface area contributed by atoms with Crippen LogP contribution in [0, 0.1) is 0 Å². The molecule has 8 N–H and O–H groups in total. The molecule has 0 saturated heterocycles. The average Bonchev–Trinajstić information content (AvgIpc) is 2.77. The molecule has 0 amide bonds. The molecule has 0 saturated carbocycles. The van der Waals surface area contributed by atoms with E-state index < -0.39 is 24.2 Å². The molecule has 0 unspecified atom stereocenters. The number of aromatic nitrogens is 1. The Morgan fingerprint density at radius 3 is 1.03 bits per heavy atom. The van der Waals surface area contributed by atoms with Crippen LogP contribution in [-0.2, 0) is 13.1 Å². The molecule has 11 heteroatoms. The smallest absolute Gasteiger partial charge is 0.0609 e. The Labute approximate surface area is 176 Å². The number of hydrogen-bond donors (Lipinski definition) is 8. The zero-order valence-electron chi connectivity index (χ0n) is 17.0. The van der Waals surface area contributed by atoms with E-state index in [9.17, 15) is 40.9 Å². The Balaban J connectivity index is 3.11. The fourth-order valence-corrected chi connectivity index (χ4v) is 3.26. The van der Waals surface area contributed by atoms with E-state index >= 15 is 0 Å². The minimum Gasteiger partial charge on any atom is -0.395 e. The Bertz CT molecular complexity index is 497. The van der Waals surface area contributed by atoms with E-state index in [2.05, 4.69) is 4.98 Å². The lowest BCUT2D eigenvalue weighted by Crippen LogP contribution is -2.50. The monoisotopic (exact) mass is 433 g/mol. The molecular formula is C19H35N3O8. The normalized spacial score (nSPS) is 12.5. The van der Waals surface area contributed by atoms with Crippen molar-refractivity contribution in [2.24, 2.45) is 0 Å². The van der Waals surface area contributed by atoms with Gasteiger partial charge in [0.2, 0.25) is 0 Å². The molecule has 1 heterocycles. The SMILES string of the molecule is OCC(CO)N(Cc1cccc(CN(C(CO)CO)C(CO)CO)n1)C(CO)CO. The fraction of sp³-hybridized carbons (Fsp3) is 0.737. The molecule has 0 atom stereocenters. The number of aliphatic hydroxyl groups is 8. The van der Waals surface area contributed by atoms with Gasteiger partial charge in [0, 0.05) is 13.1 Å². The first kappa shape index (κ1) is 26.8. The van der Waals surface area contributed by atoms with Crippen LogP contribution in [0.1, 0.15) is 11.4 Å². The summed E-state index contributed by atoms with van der Waals surface area (Å²) in [7, 11) is 0. The Hall–Kier alpha value is -1.25. The Kier molecular flexibility index (Phi) is 13.1. The van der Waals surface area contributed by atoms with Crippen molar-refractivity contribution in [3.05, 3.63) is 29.6 Å². The summed E-state index contributed by atoms with van der Waals surface area (Å²) < 4.78 is 0. The number of nitrogens with zero attached hydrogens (tertiary/aromatic N) is 3. The van der Waals surface area contributed by atoms with Gasteiger partial charge in [-0.1, -0.05) is 6.07 Å². The van der Waals surface area contributed by atoms with Crippen LogP contribution in [-0.4, -0.2) is 133 Å². The van der Waals surface area contributed by atoms with Crippen molar-refractivity contribution < 1.29 is 40.9 Å². The molecule has 1 aromatic rings. The maximum atomic E-state index is 9.53. The third-order valence-electron chi connectivity index (χ3n) is 5.12. The molecule has 0 aliphatic rings. The van der Waals surface area contributed by atoms with Gasteiger partial charge in [-0.25, -0.2) is 0 Å². The first-order valence-corrected chi connectivity index (χ1v) is 9.86. The Morgan fingerprint density at radius 1 is 0.533 bits per heavy atom. The molecule has 0 fully saturated rings. The van der Waals surface area contributed by atoms with Crippen LogP contribution < -0.4 is 0 Å². The summed E-state index contributed by atoms with van der Waals surface area (Å²) in [6.45, 7) is -2.70. The first-order chi connectivity index (χ1) is 14.5. The Morgan fingerprint density at radius 2 is 0.800 bits per heavy atom. The molecule has 0 radical (unpaired) electrons. The van der Waals surface area contributed by atoms with E-state index in [1.54, 1.807) is 28.0 Å². The van der Waals surface area contributed by atoms with Crippen molar-refractivity contribution in [2.45, 2.75) is 37.3 Å². The number of hydrogen-bond acceptors (Lipinski definition) is 11. The van der Waals surface area contributed by atoms with Gasteiger partial charge in [0.05, 0.1) is 88.4 Å². The summed E-state index contributed by atoms with van der Waals surface area (Å²) in [6.07, 6.45) is 0. The molecule has 174 valence electrons. The van der Waals surface area contributed by atoms with Crippen LogP contribution in [0.2, 0.25) is 0 Å². The van der Waals surface area contributed by atoms with Crippen LogP contribution >= 0.6 is 0 Å². The van der Waals surface area contributed by atoms with Gasteiger partial charge in [-0.05, 0) is 12.1 Å². The molecule has 0 aliphatic carbocycles. The number of pyridine rings is 1. The van der Waals surface area contributed by atoms with Gasteiger partial charge in [-0.15, -0.1) is 0 Å². The quantitative estimate of drug-likeness (QED) is 0.128. The minimum absolute atomic E-state index is 0.137. The van der Waals surface area contributed by atoms with Gasteiger partial charge >= 0.3 is 0 Å². The van der Waals surface area contributed by atoms with Gasteiger partial charge in [-0.2, -0.15) is 0 Å². The van der Waals surface area contributed by atoms with Gasteiger partial charge in [-0.3, -0.25) is 14.8 Å². The van der Waals surface area contributed by atoms with Gasteiger partial charge in [0.1, 0.15) is 0 Å². The maximum Gasteiger partial charge on any atom is 0.0609 e. The van der Waals surface area contributed by atoms with Crippen molar-refractivity contribution >= 4 is 0 Å². The zero-order valence-corrected chi connectivity index (χ0v) is 17.0. The molecular weight excluding hydrogens is 398 g/mol. The maximum absolute atomic E-state index is 9.53. The van der Waals surface area contributed by atoms with Crippen molar-refractivity contribution in [2.75, 3.05) is 52.9 Å². The van der Waals surface area contributed by atoms with Gasteiger partial charge < -0.3 is 40.9 Å². The highest BCUT2D eigenvalue weighted by atomic mass is 16.3. The van der Waals surface area contributed by atoms with E-state index in [0.717, 1.165) is 0 Å². The van der Waals surface area contributed by atoms with E-state index in [-0.39, 0.29) is 65.9 Å². The fourth-order valence-electron chi connectivity index (χ4n) is 3.26.